The van der Waals surface area contributed by atoms with Gasteiger partial charge < -0.3 is 5.32 Å². The molecule has 3 aromatic rings. The molecule has 0 saturated heterocycles. The average molecular weight is 600 g/mol. The molecule has 1 aliphatic heterocycles. The SMILES string of the molecule is O=C1Nc2ccc(S(=O)(=O)Cc3c(Br)cccc3Br)cc2SC1=Cc1ccc(Cl)cc1. The molecule has 0 fully saturated rings. The highest BCUT2D eigenvalue weighted by Crippen LogP contribution is 2.40. The summed E-state index contributed by atoms with van der Waals surface area (Å²) in [5.41, 5.74) is 2.07. The number of benzene rings is 3. The second-order valence-electron chi connectivity index (χ2n) is 6.73. The number of carbonyl (C=O) groups is 1. The summed E-state index contributed by atoms with van der Waals surface area (Å²) in [5.74, 6) is -0.390. The Balaban J connectivity index is 1.65. The molecule has 158 valence electrons. The van der Waals surface area contributed by atoms with E-state index in [1.54, 1.807) is 30.3 Å². The van der Waals surface area contributed by atoms with Crippen molar-refractivity contribution >= 4 is 82.7 Å². The lowest BCUT2D eigenvalue weighted by atomic mass is 10.2. The third kappa shape index (κ3) is 5.09. The summed E-state index contributed by atoms with van der Waals surface area (Å²) in [5, 5.41) is 3.44. The molecule has 0 bridgehead atoms. The fourth-order valence-electron chi connectivity index (χ4n) is 2.98. The van der Waals surface area contributed by atoms with E-state index < -0.39 is 9.84 Å². The number of hydrogen-bond acceptors (Lipinski definition) is 4. The van der Waals surface area contributed by atoms with Crippen molar-refractivity contribution in [3.63, 3.8) is 0 Å². The van der Waals surface area contributed by atoms with Gasteiger partial charge in [-0.3, -0.25) is 4.79 Å². The minimum absolute atomic E-state index is 0.154. The summed E-state index contributed by atoms with van der Waals surface area (Å²) < 4.78 is 27.6. The monoisotopic (exact) mass is 597 g/mol. The van der Waals surface area contributed by atoms with Crippen molar-refractivity contribution in [1.29, 1.82) is 0 Å². The van der Waals surface area contributed by atoms with Gasteiger partial charge in [0.25, 0.3) is 5.91 Å². The van der Waals surface area contributed by atoms with E-state index in [0.717, 1.165) is 14.5 Å². The molecule has 31 heavy (non-hydrogen) atoms. The third-order valence-corrected chi connectivity index (χ3v) is 9.03. The number of carbonyl (C=O) groups excluding carboxylic acids is 1. The first kappa shape index (κ1) is 22.6. The first-order chi connectivity index (χ1) is 14.7. The van der Waals surface area contributed by atoms with Crippen LogP contribution in [0.15, 0.2) is 84.3 Å². The number of thioether (sulfide) groups is 1. The zero-order valence-electron chi connectivity index (χ0n) is 15.7. The van der Waals surface area contributed by atoms with Gasteiger partial charge in [-0.15, -0.1) is 0 Å². The van der Waals surface area contributed by atoms with Crippen molar-refractivity contribution in [2.45, 2.75) is 15.5 Å². The highest BCUT2D eigenvalue weighted by Gasteiger charge is 2.25. The maximum atomic E-state index is 13.1. The van der Waals surface area contributed by atoms with Gasteiger partial charge in [0.2, 0.25) is 0 Å². The number of rotatable bonds is 4. The Morgan fingerprint density at radius 2 is 1.68 bits per heavy atom. The molecule has 0 spiro atoms. The summed E-state index contributed by atoms with van der Waals surface area (Å²) in [6.45, 7) is 0. The van der Waals surface area contributed by atoms with Crippen LogP contribution in [0.1, 0.15) is 11.1 Å². The molecular weight excluding hydrogens is 586 g/mol. The molecule has 0 unspecified atom stereocenters. The van der Waals surface area contributed by atoms with Crippen molar-refractivity contribution in [3.8, 4) is 0 Å². The van der Waals surface area contributed by atoms with Crippen LogP contribution in [0.4, 0.5) is 5.69 Å². The number of halogens is 3. The third-order valence-electron chi connectivity index (χ3n) is 4.57. The highest BCUT2D eigenvalue weighted by molar-refractivity contribution is 9.11. The van der Waals surface area contributed by atoms with E-state index in [9.17, 15) is 13.2 Å². The van der Waals surface area contributed by atoms with Crippen molar-refractivity contribution in [3.05, 3.63) is 90.7 Å². The first-order valence-corrected chi connectivity index (χ1v) is 13.4. The predicted octanol–water partition coefficient (Wildman–Crippen LogP) is 6.92. The highest BCUT2D eigenvalue weighted by atomic mass is 79.9. The second kappa shape index (κ2) is 9.11. The minimum Gasteiger partial charge on any atom is -0.320 e. The van der Waals surface area contributed by atoms with Gasteiger partial charge in [-0.1, -0.05) is 73.4 Å². The quantitative estimate of drug-likeness (QED) is 0.331. The molecule has 0 radical (unpaired) electrons. The molecule has 0 atom stereocenters. The zero-order valence-corrected chi connectivity index (χ0v) is 21.3. The average Bonchev–Trinajstić information content (AvgIpc) is 2.73. The Bertz CT molecular complexity index is 1300. The van der Waals surface area contributed by atoms with Crippen LogP contribution in [0.5, 0.6) is 0 Å². The molecule has 0 aliphatic carbocycles. The summed E-state index contributed by atoms with van der Waals surface area (Å²) in [4.78, 5) is 13.8. The molecule has 4 rings (SSSR count). The Hall–Kier alpha value is -1.58. The van der Waals surface area contributed by atoms with Crippen LogP contribution in [0.2, 0.25) is 5.02 Å². The lowest BCUT2D eigenvalue weighted by Crippen LogP contribution is -2.17. The molecule has 0 aromatic heterocycles. The summed E-state index contributed by atoms with van der Waals surface area (Å²) in [6.07, 6.45) is 1.75. The van der Waals surface area contributed by atoms with Crippen LogP contribution < -0.4 is 5.32 Å². The molecule has 3 aromatic carbocycles. The van der Waals surface area contributed by atoms with Gasteiger partial charge in [0.05, 0.1) is 21.2 Å². The van der Waals surface area contributed by atoms with Crippen LogP contribution in [0, 0.1) is 0 Å². The second-order valence-corrected chi connectivity index (χ2v) is 12.0. The van der Waals surface area contributed by atoms with Gasteiger partial charge in [0.1, 0.15) is 0 Å². The number of sulfone groups is 1. The fraction of sp³-hybridized carbons (Fsp3) is 0.0455. The molecule has 1 aliphatic rings. The van der Waals surface area contributed by atoms with Crippen LogP contribution >= 0.6 is 55.2 Å². The van der Waals surface area contributed by atoms with Crippen LogP contribution in [-0.4, -0.2) is 14.3 Å². The molecule has 9 heteroatoms. The normalized spacial score (nSPS) is 14.9. The Morgan fingerprint density at radius 3 is 2.35 bits per heavy atom. The summed E-state index contributed by atoms with van der Waals surface area (Å²) >= 11 is 14.0. The number of nitrogens with one attached hydrogen (secondary N) is 1. The number of hydrogen-bond donors (Lipinski definition) is 1. The van der Waals surface area contributed by atoms with Gasteiger partial charge >= 0.3 is 0 Å². The van der Waals surface area contributed by atoms with E-state index in [2.05, 4.69) is 37.2 Å². The van der Waals surface area contributed by atoms with E-state index in [-0.39, 0.29) is 16.6 Å². The maximum absolute atomic E-state index is 13.1. The van der Waals surface area contributed by atoms with Gasteiger partial charge in [0.15, 0.2) is 9.84 Å². The van der Waals surface area contributed by atoms with Crippen LogP contribution in [0.3, 0.4) is 0 Å². The topological polar surface area (TPSA) is 63.2 Å². The van der Waals surface area contributed by atoms with Gasteiger partial charge in [-0.05, 0) is 59.7 Å². The Morgan fingerprint density at radius 1 is 1.00 bits per heavy atom. The van der Waals surface area contributed by atoms with E-state index in [0.29, 0.717) is 26.1 Å². The standard InChI is InChI=1S/C22H14Br2ClNO3S2/c23-17-2-1-3-18(24)16(17)12-31(28,29)15-8-9-19-20(11-15)30-21(22(27)26-19)10-13-4-6-14(25)7-5-13/h1-11H,12H2,(H,26,27). The van der Waals surface area contributed by atoms with Crippen molar-refractivity contribution < 1.29 is 13.2 Å². The number of anilines is 1. The minimum atomic E-state index is -3.61. The van der Waals surface area contributed by atoms with E-state index in [1.807, 2.05) is 30.3 Å². The lowest BCUT2D eigenvalue weighted by Gasteiger charge is -2.19. The molecule has 1 heterocycles. The Labute approximate surface area is 206 Å². The predicted molar refractivity (Wildman–Crippen MR) is 133 cm³/mol. The smallest absolute Gasteiger partial charge is 0.262 e. The van der Waals surface area contributed by atoms with Gasteiger partial charge in [-0.25, -0.2) is 8.42 Å². The van der Waals surface area contributed by atoms with E-state index >= 15 is 0 Å². The largest absolute Gasteiger partial charge is 0.320 e. The van der Waals surface area contributed by atoms with Gasteiger partial charge in [0, 0.05) is 18.9 Å². The van der Waals surface area contributed by atoms with Crippen molar-refractivity contribution in [2.24, 2.45) is 0 Å². The lowest BCUT2D eigenvalue weighted by molar-refractivity contribution is -0.112. The number of amides is 1. The molecule has 1 N–H and O–H groups in total. The molecular formula is C22H14Br2ClNO3S2. The number of fused-ring (bicyclic) bond motifs is 1. The Kier molecular flexibility index (Phi) is 6.65. The summed E-state index contributed by atoms with van der Waals surface area (Å²) in [6, 6.07) is 17.3. The summed E-state index contributed by atoms with van der Waals surface area (Å²) in [7, 11) is -3.61. The molecule has 4 nitrogen and oxygen atoms in total. The first-order valence-electron chi connectivity index (χ1n) is 8.99. The fourth-order valence-corrected chi connectivity index (χ4v) is 7.25. The van der Waals surface area contributed by atoms with E-state index in [4.69, 9.17) is 11.6 Å². The molecule has 0 saturated carbocycles. The maximum Gasteiger partial charge on any atom is 0.262 e. The van der Waals surface area contributed by atoms with Crippen LogP contribution in [-0.2, 0) is 20.4 Å². The van der Waals surface area contributed by atoms with Crippen molar-refractivity contribution in [1.82, 2.24) is 0 Å². The van der Waals surface area contributed by atoms with Crippen molar-refractivity contribution in [2.75, 3.05) is 5.32 Å². The van der Waals surface area contributed by atoms with Crippen LogP contribution in [0.25, 0.3) is 6.08 Å². The van der Waals surface area contributed by atoms with Gasteiger partial charge in [-0.2, -0.15) is 0 Å². The van der Waals surface area contributed by atoms with E-state index in [1.165, 1.54) is 17.8 Å². The molecule has 1 amide bonds. The zero-order chi connectivity index (χ0) is 22.2.